The van der Waals surface area contributed by atoms with Gasteiger partial charge in [0, 0.05) is 5.02 Å². The molecule has 1 unspecified atom stereocenters. The second kappa shape index (κ2) is 4.11. The van der Waals surface area contributed by atoms with E-state index in [0.29, 0.717) is 10.7 Å². The summed E-state index contributed by atoms with van der Waals surface area (Å²) in [4.78, 5) is 27.8. The van der Waals surface area contributed by atoms with Crippen molar-refractivity contribution in [2.45, 2.75) is 13.0 Å². The van der Waals surface area contributed by atoms with Crippen molar-refractivity contribution < 1.29 is 14.4 Å². The molecule has 6 heteroatoms. The van der Waals surface area contributed by atoms with Gasteiger partial charge in [0.15, 0.2) is 6.10 Å². The van der Waals surface area contributed by atoms with Gasteiger partial charge in [0.05, 0.1) is 5.69 Å². The first kappa shape index (κ1) is 10.9. The molecular weight excluding hydrogens is 232 g/mol. The van der Waals surface area contributed by atoms with Gasteiger partial charge >= 0.3 is 6.03 Å². The Labute approximate surface area is 96.9 Å². The van der Waals surface area contributed by atoms with Gasteiger partial charge in [-0.15, -0.1) is 0 Å². The molecule has 0 radical (unpaired) electrons. The molecule has 84 valence electrons. The normalized spacial score (nSPS) is 20.9. The Bertz CT molecular complexity index is 449. The highest BCUT2D eigenvalue weighted by Gasteiger charge is 2.31. The Kier molecular flexibility index (Phi) is 2.80. The molecule has 1 fully saturated rings. The van der Waals surface area contributed by atoms with Crippen LogP contribution in [0.15, 0.2) is 24.3 Å². The van der Waals surface area contributed by atoms with Gasteiger partial charge in [-0.1, -0.05) is 17.7 Å². The number of hydrogen-bond acceptors (Lipinski definition) is 3. The number of anilines is 1. The Hall–Kier alpha value is -1.59. The van der Waals surface area contributed by atoms with Gasteiger partial charge in [-0.05, 0) is 25.1 Å². The molecular formula is C10H9ClN2O3. The van der Waals surface area contributed by atoms with Gasteiger partial charge < -0.3 is 0 Å². The summed E-state index contributed by atoms with van der Waals surface area (Å²) in [5, 5.41) is 3.67. The summed E-state index contributed by atoms with van der Waals surface area (Å²) in [6, 6.07) is 5.99. The van der Waals surface area contributed by atoms with E-state index in [9.17, 15) is 9.59 Å². The Morgan fingerprint density at radius 1 is 1.44 bits per heavy atom. The first-order valence-corrected chi connectivity index (χ1v) is 5.03. The van der Waals surface area contributed by atoms with Gasteiger partial charge in [0.25, 0.3) is 5.91 Å². The van der Waals surface area contributed by atoms with Crippen LogP contribution < -0.4 is 10.4 Å². The summed E-state index contributed by atoms with van der Waals surface area (Å²) in [7, 11) is 0. The average molecular weight is 241 g/mol. The highest BCUT2D eigenvalue weighted by Crippen LogP contribution is 2.22. The number of halogens is 1. The molecule has 16 heavy (non-hydrogen) atoms. The monoisotopic (exact) mass is 240 g/mol. The number of carbonyl (C=O) groups is 2. The Morgan fingerprint density at radius 3 is 2.88 bits per heavy atom. The molecule has 1 aliphatic heterocycles. The molecule has 1 aliphatic rings. The third kappa shape index (κ3) is 2.00. The summed E-state index contributed by atoms with van der Waals surface area (Å²) < 4.78 is 0. The van der Waals surface area contributed by atoms with E-state index in [4.69, 9.17) is 16.4 Å². The van der Waals surface area contributed by atoms with Crippen molar-refractivity contribution in [3.8, 4) is 0 Å². The van der Waals surface area contributed by atoms with E-state index in [1.807, 2.05) is 0 Å². The molecule has 1 aromatic rings. The topological polar surface area (TPSA) is 58.6 Å². The summed E-state index contributed by atoms with van der Waals surface area (Å²) in [6.07, 6.45) is -0.711. The van der Waals surface area contributed by atoms with Crippen molar-refractivity contribution in [2.75, 3.05) is 5.06 Å². The predicted molar refractivity (Wildman–Crippen MR) is 58.0 cm³/mol. The van der Waals surface area contributed by atoms with Gasteiger partial charge in [-0.25, -0.2) is 4.79 Å². The summed E-state index contributed by atoms with van der Waals surface area (Å²) >= 11 is 5.80. The summed E-state index contributed by atoms with van der Waals surface area (Å²) in [6.45, 7) is 1.55. The van der Waals surface area contributed by atoms with Crippen LogP contribution in [0.2, 0.25) is 5.02 Å². The molecule has 1 heterocycles. The SMILES string of the molecule is CC1ON(c2cccc(Cl)c2)C(=O)NC1=O. The number of nitrogens with zero attached hydrogens (tertiary/aromatic N) is 1. The Balaban J connectivity index is 2.27. The highest BCUT2D eigenvalue weighted by atomic mass is 35.5. The van der Waals surface area contributed by atoms with Crippen LogP contribution in [0, 0.1) is 0 Å². The third-order valence-corrected chi connectivity index (χ3v) is 2.33. The number of amides is 3. The van der Waals surface area contributed by atoms with Crippen LogP contribution in [0.3, 0.4) is 0 Å². The quantitative estimate of drug-likeness (QED) is 0.813. The second-order valence-electron chi connectivity index (χ2n) is 3.32. The standard InChI is InChI=1S/C10H9ClN2O3/c1-6-9(14)12-10(15)13(16-6)8-4-2-3-7(11)5-8/h2-6H,1H3,(H,12,14,15). The lowest BCUT2D eigenvalue weighted by atomic mass is 10.3. The highest BCUT2D eigenvalue weighted by molar-refractivity contribution is 6.30. The molecule has 0 bridgehead atoms. The summed E-state index contributed by atoms with van der Waals surface area (Å²) in [5.41, 5.74) is 0.476. The number of nitrogens with one attached hydrogen (secondary N) is 1. The zero-order chi connectivity index (χ0) is 11.7. The van der Waals surface area contributed by atoms with Crippen molar-refractivity contribution in [3.05, 3.63) is 29.3 Å². The van der Waals surface area contributed by atoms with Crippen LogP contribution >= 0.6 is 11.6 Å². The lowest BCUT2D eigenvalue weighted by molar-refractivity contribution is -0.133. The maximum Gasteiger partial charge on any atom is 0.352 e. The van der Waals surface area contributed by atoms with Crippen molar-refractivity contribution in [1.82, 2.24) is 5.32 Å². The van der Waals surface area contributed by atoms with E-state index in [-0.39, 0.29) is 0 Å². The second-order valence-corrected chi connectivity index (χ2v) is 3.75. The van der Waals surface area contributed by atoms with Crippen LogP contribution in [0.25, 0.3) is 0 Å². The van der Waals surface area contributed by atoms with Gasteiger partial charge in [-0.2, -0.15) is 5.06 Å². The molecule has 0 aliphatic carbocycles. The number of imide groups is 1. The van der Waals surface area contributed by atoms with Crippen LogP contribution in [0.4, 0.5) is 10.5 Å². The van der Waals surface area contributed by atoms with Crippen LogP contribution in [-0.2, 0) is 9.63 Å². The van der Waals surface area contributed by atoms with E-state index in [2.05, 4.69) is 5.32 Å². The van der Waals surface area contributed by atoms with Crippen molar-refractivity contribution in [2.24, 2.45) is 0 Å². The van der Waals surface area contributed by atoms with Crippen LogP contribution in [0.1, 0.15) is 6.92 Å². The van der Waals surface area contributed by atoms with Crippen LogP contribution in [0.5, 0.6) is 0 Å². The fourth-order valence-corrected chi connectivity index (χ4v) is 1.48. The average Bonchev–Trinajstić information content (AvgIpc) is 2.23. The van der Waals surface area contributed by atoms with Crippen LogP contribution in [-0.4, -0.2) is 18.0 Å². The first-order chi connectivity index (χ1) is 7.58. The van der Waals surface area contributed by atoms with Gasteiger partial charge in [-0.3, -0.25) is 14.9 Å². The fourth-order valence-electron chi connectivity index (χ4n) is 1.29. The lowest BCUT2D eigenvalue weighted by Crippen LogP contribution is -2.54. The third-order valence-electron chi connectivity index (χ3n) is 2.09. The molecule has 5 nitrogen and oxygen atoms in total. The van der Waals surface area contributed by atoms with Crippen molar-refractivity contribution in [1.29, 1.82) is 0 Å². The van der Waals surface area contributed by atoms with Gasteiger partial charge in [0.1, 0.15) is 0 Å². The molecule has 2 rings (SSSR count). The van der Waals surface area contributed by atoms with Crippen molar-refractivity contribution >= 4 is 29.2 Å². The minimum Gasteiger partial charge on any atom is -0.273 e. The number of hydroxylamine groups is 1. The number of hydrogen-bond donors (Lipinski definition) is 1. The smallest absolute Gasteiger partial charge is 0.273 e. The lowest BCUT2D eigenvalue weighted by Gasteiger charge is -2.29. The molecule has 0 spiro atoms. The molecule has 3 amide bonds. The molecule has 0 aromatic heterocycles. The zero-order valence-electron chi connectivity index (χ0n) is 8.44. The fraction of sp³-hybridized carbons (Fsp3) is 0.200. The minimum atomic E-state index is -0.711. The van der Waals surface area contributed by atoms with Crippen molar-refractivity contribution in [3.63, 3.8) is 0 Å². The van der Waals surface area contributed by atoms with E-state index in [1.165, 1.54) is 0 Å². The molecule has 1 atom stereocenters. The number of rotatable bonds is 1. The van der Waals surface area contributed by atoms with E-state index < -0.39 is 18.0 Å². The van der Waals surface area contributed by atoms with E-state index in [0.717, 1.165) is 5.06 Å². The van der Waals surface area contributed by atoms with E-state index in [1.54, 1.807) is 31.2 Å². The van der Waals surface area contributed by atoms with E-state index >= 15 is 0 Å². The molecule has 0 saturated carbocycles. The maximum atomic E-state index is 11.5. The minimum absolute atomic E-state index is 0.455. The number of urea groups is 1. The number of carbonyl (C=O) groups excluding carboxylic acids is 2. The summed E-state index contributed by atoms with van der Waals surface area (Å²) in [5.74, 6) is -0.455. The largest absolute Gasteiger partial charge is 0.352 e. The zero-order valence-corrected chi connectivity index (χ0v) is 9.19. The molecule has 1 aromatic carbocycles. The predicted octanol–water partition coefficient (Wildman–Crippen LogP) is 1.72. The Morgan fingerprint density at radius 2 is 2.19 bits per heavy atom. The molecule has 1 N–H and O–H groups in total. The first-order valence-electron chi connectivity index (χ1n) is 4.65. The number of benzene rings is 1. The van der Waals surface area contributed by atoms with Gasteiger partial charge in [0.2, 0.25) is 0 Å². The maximum absolute atomic E-state index is 11.5. The molecule has 1 saturated heterocycles.